The zero-order valence-electron chi connectivity index (χ0n) is 9.83. The third kappa shape index (κ3) is 4.20. The minimum atomic E-state index is -0.546. The Kier molecular flexibility index (Phi) is 5.95. The van der Waals surface area contributed by atoms with E-state index in [1.54, 1.807) is 25.1 Å². The molecule has 0 heterocycles. The first-order valence-electron chi connectivity index (χ1n) is 5.44. The summed E-state index contributed by atoms with van der Waals surface area (Å²) in [7, 11) is 0. The molecule has 0 unspecified atom stereocenters. The number of carbonyl (C=O) groups is 2. The Bertz CT molecular complexity index is 429. The highest BCUT2D eigenvalue weighted by Crippen LogP contribution is 2.25. The molecule has 1 aromatic rings. The van der Waals surface area contributed by atoms with Gasteiger partial charge >= 0.3 is 6.09 Å². The van der Waals surface area contributed by atoms with E-state index in [0.717, 1.165) is 0 Å². The summed E-state index contributed by atoms with van der Waals surface area (Å²) in [5.74, 6) is -0.220. The SMILES string of the molecule is CCOC(=O)NCCC(=O)c1c(Cl)cccc1Cl. The first-order chi connectivity index (χ1) is 8.56. The summed E-state index contributed by atoms with van der Waals surface area (Å²) in [6.07, 6.45) is -0.432. The Hall–Kier alpha value is -1.26. The number of hydrogen-bond donors (Lipinski definition) is 1. The minimum absolute atomic E-state index is 0.113. The smallest absolute Gasteiger partial charge is 0.407 e. The molecule has 0 fully saturated rings. The molecule has 18 heavy (non-hydrogen) atoms. The van der Waals surface area contributed by atoms with Crippen LogP contribution in [0.15, 0.2) is 18.2 Å². The van der Waals surface area contributed by atoms with Gasteiger partial charge in [0.2, 0.25) is 0 Å². The number of ketones is 1. The highest BCUT2D eigenvalue weighted by atomic mass is 35.5. The predicted octanol–water partition coefficient (Wildman–Crippen LogP) is 3.31. The number of rotatable bonds is 5. The van der Waals surface area contributed by atoms with Gasteiger partial charge in [-0.25, -0.2) is 4.79 Å². The van der Waals surface area contributed by atoms with E-state index in [9.17, 15) is 9.59 Å². The van der Waals surface area contributed by atoms with E-state index in [1.165, 1.54) is 0 Å². The largest absolute Gasteiger partial charge is 0.450 e. The number of hydrogen-bond acceptors (Lipinski definition) is 3. The summed E-state index contributed by atoms with van der Waals surface area (Å²) >= 11 is 11.8. The fourth-order valence-electron chi connectivity index (χ4n) is 1.35. The van der Waals surface area contributed by atoms with E-state index in [-0.39, 0.29) is 30.9 Å². The molecule has 1 rings (SSSR count). The second-order valence-corrected chi connectivity index (χ2v) is 4.23. The maximum Gasteiger partial charge on any atom is 0.407 e. The third-order valence-electron chi connectivity index (χ3n) is 2.14. The molecule has 1 amide bonds. The molecule has 1 N–H and O–H groups in total. The standard InChI is InChI=1S/C12H13Cl2NO3/c1-2-18-12(17)15-7-6-10(16)11-8(13)4-3-5-9(11)14/h3-5H,2,6-7H2,1H3,(H,15,17). The summed E-state index contributed by atoms with van der Waals surface area (Å²) in [6, 6.07) is 4.86. The fraction of sp³-hybridized carbons (Fsp3) is 0.333. The molecule has 0 saturated heterocycles. The molecule has 0 bridgehead atoms. The van der Waals surface area contributed by atoms with Gasteiger partial charge in [-0.15, -0.1) is 0 Å². The first-order valence-corrected chi connectivity index (χ1v) is 6.19. The van der Waals surface area contributed by atoms with E-state index in [0.29, 0.717) is 10.0 Å². The van der Waals surface area contributed by atoms with Gasteiger partial charge in [0.05, 0.1) is 22.2 Å². The Balaban J connectivity index is 2.53. The van der Waals surface area contributed by atoms with Crippen LogP contribution in [0.25, 0.3) is 0 Å². The lowest BCUT2D eigenvalue weighted by molar-refractivity contribution is 0.0982. The number of carbonyl (C=O) groups excluding carboxylic acids is 2. The van der Waals surface area contributed by atoms with Crippen molar-refractivity contribution in [1.29, 1.82) is 0 Å². The average molecular weight is 290 g/mol. The van der Waals surface area contributed by atoms with Crippen LogP contribution in [-0.2, 0) is 4.74 Å². The fourth-order valence-corrected chi connectivity index (χ4v) is 1.96. The molecule has 0 aliphatic rings. The Morgan fingerprint density at radius 2 is 1.89 bits per heavy atom. The lowest BCUT2D eigenvalue weighted by Crippen LogP contribution is -2.26. The Morgan fingerprint density at radius 3 is 2.44 bits per heavy atom. The molecular formula is C12H13Cl2NO3. The molecule has 0 radical (unpaired) electrons. The zero-order valence-corrected chi connectivity index (χ0v) is 11.3. The minimum Gasteiger partial charge on any atom is -0.450 e. The van der Waals surface area contributed by atoms with Crippen LogP contribution in [0.2, 0.25) is 10.0 Å². The molecular weight excluding hydrogens is 277 g/mol. The maximum absolute atomic E-state index is 11.9. The summed E-state index contributed by atoms with van der Waals surface area (Å²) in [5.41, 5.74) is 0.284. The van der Waals surface area contributed by atoms with Crippen molar-refractivity contribution < 1.29 is 14.3 Å². The van der Waals surface area contributed by atoms with E-state index < -0.39 is 6.09 Å². The van der Waals surface area contributed by atoms with E-state index >= 15 is 0 Å². The van der Waals surface area contributed by atoms with Gasteiger partial charge in [0.25, 0.3) is 0 Å². The van der Waals surface area contributed by atoms with Gasteiger partial charge in [-0.05, 0) is 19.1 Å². The summed E-state index contributed by atoms with van der Waals surface area (Å²) in [6.45, 7) is 2.17. The summed E-state index contributed by atoms with van der Waals surface area (Å²) in [5, 5.41) is 3.07. The van der Waals surface area contributed by atoms with Crippen molar-refractivity contribution in [1.82, 2.24) is 5.32 Å². The van der Waals surface area contributed by atoms with Crippen molar-refractivity contribution in [3.05, 3.63) is 33.8 Å². The molecule has 0 atom stereocenters. The lowest BCUT2D eigenvalue weighted by atomic mass is 10.1. The lowest BCUT2D eigenvalue weighted by Gasteiger charge is -2.07. The quantitative estimate of drug-likeness (QED) is 0.846. The molecule has 0 aliphatic carbocycles. The molecule has 0 aromatic heterocycles. The van der Waals surface area contributed by atoms with E-state index in [4.69, 9.17) is 23.2 Å². The Labute approximate surface area is 115 Å². The second kappa shape index (κ2) is 7.24. The van der Waals surface area contributed by atoms with Crippen LogP contribution < -0.4 is 5.32 Å². The maximum atomic E-state index is 11.9. The normalized spacial score (nSPS) is 9.94. The predicted molar refractivity (Wildman–Crippen MR) is 70.4 cm³/mol. The highest BCUT2D eigenvalue weighted by molar-refractivity contribution is 6.39. The zero-order chi connectivity index (χ0) is 13.5. The van der Waals surface area contributed by atoms with Crippen molar-refractivity contribution in [2.75, 3.05) is 13.2 Å². The van der Waals surface area contributed by atoms with Crippen molar-refractivity contribution >= 4 is 35.1 Å². The van der Waals surface area contributed by atoms with Gasteiger partial charge in [-0.1, -0.05) is 29.3 Å². The molecule has 0 saturated carbocycles. The molecule has 0 aliphatic heterocycles. The topological polar surface area (TPSA) is 55.4 Å². The second-order valence-electron chi connectivity index (χ2n) is 3.42. The first kappa shape index (κ1) is 14.8. The van der Waals surface area contributed by atoms with Gasteiger partial charge in [-0.3, -0.25) is 4.79 Å². The average Bonchev–Trinajstić information content (AvgIpc) is 2.29. The molecule has 6 heteroatoms. The van der Waals surface area contributed by atoms with Crippen LogP contribution in [-0.4, -0.2) is 25.0 Å². The van der Waals surface area contributed by atoms with Crippen LogP contribution in [0.1, 0.15) is 23.7 Å². The number of halogens is 2. The van der Waals surface area contributed by atoms with Crippen LogP contribution in [0.3, 0.4) is 0 Å². The van der Waals surface area contributed by atoms with Crippen molar-refractivity contribution in [2.24, 2.45) is 0 Å². The molecule has 98 valence electrons. The number of alkyl carbamates (subject to hydrolysis) is 1. The van der Waals surface area contributed by atoms with Gasteiger partial charge in [0.1, 0.15) is 0 Å². The molecule has 0 spiro atoms. The van der Waals surface area contributed by atoms with Gasteiger partial charge in [-0.2, -0.15) is 0 Å². The third-order valence-corrected chi connectivity index (χ3v) is 2.77. The molecule has 4 nitrogen and oxygen atoms in total. The van der Waals surface area contributed by atoms with Crippen LogP contribution in [0.5, 0.6) is 0 Å². The van der Waals surface area contributed by atoms with E-state index in [2.05, 4.69) is 10.1 Å². The summed E-state index contributed by atoms with van der Waals surface area (Å²) in [4.78, 5) is 22.9. The van der Waals surface area contributed by atoms with Crippen LogP contribution >= 0.6 is 23.2 Å². The Morgan fingerprint density at radius 1 is 1.28 bits per heavy atom. The number of amides is 1. The van der Waals surface area contributed by atoms with Gasteiger partial charge in [0, 0.05) is 13.0 Å². The number of ether oxygens (including phenoxy) is 1. The van der Waals surface area contributed by atoms with Crippen LogP contribution in [0, 0.1) is 0 Å². The van der Waals surface area contributed by atoms with Crippen molar-refractivity contribution in [2.45, 2.75) is 13.3 Å². The van der Waals surface area contributed by atoms with Gasteiger partial charge in [0.15, 0.2) is 5.78 Å². The number of nitrogens with one attached hydrogen (secondary N) is 1. The van der Waals surface area contributed by atoms with Gasteiger partial charge < -0.3 is 10.1 Å². The van der Waals surface area contributed by atoms with E-state index in [1.807, 2.05) is 0 Å². The highest BCUT2D eigenvalue weighted by Gasteiger charge is 2.14. The van der Waals surface area contributed by atoms with Crippen LogP contribution in [0.4, 0.5) is 4.79 Å². The number of benzene rings is 1. The molecule has 1 aromatic carbocycles. The number of Topliss-reactive ketones (excluding diaryl/α,β-unsaturated/α-hetero) is 1. The monoisotopic (exact) mass is 289 g/mol. The van der Waals surface area contributed by atoms with Crippen molar-refractivity contribution in [3.8, 4) is 0 Å². The summed E-state index contributed by atoms with van der Waals surface area (Å²) < 4.78 is 4.66. The van der Waals surface area contributed by atoms with Crippen molar-refractivity contribution in [3.63, 3.8) is 0 Å².